The Hall–Kier alpha value is -2.14. The number of fused-ring (bicyclic) bond motifs is 1. The molecule has 2 atom stereocenters. The summed E-state index contributed by atoms with van der Waals surface area (Å²) in [6.07, 6.45) is 1.78. The van der Waals surface area contributed by atoms with Crippen molar-refractivity contribution in [3.63, 3.8) is 0 Å². The summed E-state index contributed by atoms with van der Waals surface area (Å²) in [6, 6.07) is 9.95. The highest BCUT2D eigenvalue weighted by molar-refractivity contribution is 5.77. The number of benzene rings is 1. The Kier molecular flexibility index (Phi) is 3.51. The number of hydrogen-bond acceptors (Lipinski definition) is 3. The van der Waals surface area contributed by atoms with Crippen molar-refractivity contribution in [2.24, 2.45) is 7.05 Å². The Balaban J connectivity index is 1.93. The number of carboxylic acid groups (broad SMARTS) is 1. The maximum atomic E-state index is 11.6. The molecule has 110 valence electrons. The van der Waals surface area contributed by atoms with Crippen molar-refractivity contribution in [1.29, 1.82) is 0 Å². The second-order valence-electron chi connectivity index (χ2n) is 5.57. The molecule has 0 saturated heterocycles. The number of carboxylic acids is 1. The maximum absolute atomic E-state index is 11.6. The molecule has 0 fully saturated rings. The van der Waals surface area contributed by atoms with Crippen LogP contribution in [0.4, 0.5) is 0 Å². The van der Waals surface area contributed by atoms with Gasteiger partial charge >= 0.3 is 5.97 Å². The van der Waals surface area contributed by atoms with Gasteiger partial charge in [-0.2, -0.15) is 5.10 Å². The van der Waals surface area contributed by atoms with Gasteiger partial charge in [0.2, 0.25) is 0 Å². The normalized spacial score (nSPS) is 20.0. The van der Waals surface area contributed by atoms with Crippen molar-refractivity contribution >= 4 is 5.97 Å². The highest BCUT2D eigenvalue weighted by Crippen LogP contribution is 2.33. The minimum atomic E-state index is -0.760. The minimum absolute atomic E-state index is 0.132. The van der Waals surface area contributed by atoms with Gasteiger partial charge in [-0.3, -0.25) is 14.4 Å². The van der Waals surface area contributed by atoms with Crippen molar-refractivity contribution in [3.8, 4) is 0 Å². The maximum Gasteiger partial charge on any atom is 0.312 e. The Morgan fingerprint density at radius 3 is 2.81 bits per heavy atom. The molecule has 0 amide bonds. The van der Waals surface area contributed by atoms with Crippen LogP contribution in [0.3, 0.4) is 0 Å². The molecule has 1 aromatic heterocycles. The Bertz CT molecular complexity index is 665. The second kappa shape index (κ2) is 5.33. The van der Waals surface area contributed by atoms with Crippen LogP contribution in [0.1, 0.15) is 35.7 Å². The molecule has 2 aromatic rings. The molecule has 2 unspecified atom stereocenters. The van der Waals surface area contributed by atoms with Crippen molar-refractivity contribution in [3.05, 3.63) is 53.3 Å². The zero-order chi connectivity index (χ0) is 15.0. The molecule has 0 bridgehead atoms. The van der Waals surface area contributed by atoms with Crippen LogP contribution in [0.2, 0.25) is 0 Å². The first-order valence-electron chi connectivity index (χ1n) is 7.10. The van der Waals surface area contributed by atoms with E-state index in [0.717, 1.165) is 23.4 Å². The van der Waals surface area contributed by atoms with Crippen molar-refractivity contribution in [1.82, 2.24) is 14.7 Å². The third-order valence-electron chi connectivity index (χ3n) is 4.35. The first-order valence-corrected chi connectivity index (χ1v) is 7.10. The van der Waals surface area contributed by atoms with Crippen LogP contribution in [-0.4, -0.2) is 32.3 Å². The summed E-state index contributed by atoms with van der Waals surface area (Å²) in [5.74, 6) is -1.23. The van der Waals surface area contributed by atoms with Crippen LogP contribution in [0.15, 0.2) is 36.5 Å². The van der Waals surface area contributed by atoms with Crippen LogP contribution >= 0.6 is 0 Å². The number of nitrogens with zero attached hydrogens (tertiary/aromatic N) is 3. The fourth-order valence-electron chi connectivity index (χ4n) is 3.12. The van der Waals surface area contributed by atoms with E-state index in [1.165, 1.54) is 0 Å². The summed E-state index contributed by atoms with van der Waals surface area (Å²) in [5, 5.41) is 13.7. The van der Waals surface area contributed by atoms with Crippen LogP contribution in [0, 0.1) is 0 Å². The van der Waals surface area contributed by atoms with Gasteiger partial charge in [0.15, 0.2) is 0 Å². The van der Waals surface area contributed by atoms with Gasteiger partial charge in [-0.05, 0) is 24.1 Å². The minimum Gasteiger partial charge on any atom is -0.481 e. The summed E-state index contributed by atoms with van der Waals surface area (Å²) in [5.41, 5.74) is 3.14. The van der Waals surface area contributed by atoms with Crippen molar-refractivity contribution < 1.29 is 9.90 Å². The molecule has 1 aromatic carbocycles. The highest BCUT2D eigenvalue weighted by Gasteiger charge is 2.33. The fourth-order valence-corrected chi connectivity index (χ4v) is 3.12. The van der Waals surface area contributed by atoms with E-state index in [0.29, 0.717) is 6.54 Å². The van der Waals surface area contributed by atoms with E-state index in [4.69, 9.17) is 0 Å². The molecule has 1 aliphatic heterocycles. The molecular weight excluding hydrogens is 266 g/mol. The zero-order valence-electron chi connectivity index (χ0n) is 12.2. The topological polar surface area (TPSA) is 58.4 Å². The standard InChI is InChI=1S/C16H19N3O2/c1-11(15-7-8-17-18(15)2)19-9-12-5-3-4-6-13(12)14(10-19)16(20)21/h3-8,11,14H,9-10H2,1-2H3,(H,20,21). The smallest absolute Gasteiger partial charge is 0.312 e. The predicted octanol–water partition coefficient (Wildman–Crippen LogP) is 2.17. The largest absolute Gasteiger partial charge is 0.481 e. The first-order chi connectivity index (χ1) is 10.1. The average Bonchev–Trinajstić information content (AvgIpc) is 2.91. The monoisotopic (exact) mass is 285 g/mol. The Labute approximate surface area is 123 Å². The molecule has 2 heterocycles. The molecule has 1 aliphatic rings. The van der Waals surface area contributed by atoms with E-state index in [2.05, 4.69) is 16.9 Å². The predicted molar refractivity (Wildman–Crippen MR) is 78.9 cm³/mol. The van der Waals surface area contributed by atoms with E-state index in [-0.39, 0.29) is 6.04 Å². The van der Waals surface area contributed by atoms with Gasteiger partial charge in [-0.25, -0.2) is 0 Å². The summed E-state index contributed by atoms with van der Waals surface area (Å²) >= 11 is 0. The lowest BCUT2D eigenvalue weighted by Gasteiger charge is -2.36. The molecule has 0 saturated carbocycles. The van der Waals surface area contributed by atoms with E-state index in [1.807, 2.05) is 42.1 Å². The molecule has 1 N–H and O–H groups in total. The van der Waals surface area contributed by atoms with Gasteiger partial charge in [-0.1, -0.05) is 24.3 Å². The van der Waals surface area contributed by atoms with Gasteiger partial charge in [0.1, 0.15) is 0 Å². The molecule has 5 nitrogen and oxygen atoms in total. The van der Waals surface area contributed by atoms with Gasteiger partial charge in [0.25, 0.3) is 0 Å². The van der Waals surface area contributed by atoms with Gasteiger partial charge < -0.3 is 5.11 Å². The summed E-state index contributed by atoms with van der Waals surface area (Å²) in [4.78, 5) is 13.8. The fraction of sp³-hybridized carbons (Fsp3) is 0.375. The number of hydrogen-bond donors (Lipinski definition) is 1. The lowest BCUT2D eigenvalue weighted by molar-refractivity contribution is -0.139. The van der Waals surface area contributed by atoms with E-state index >= 15 is 0 Å². The molecule has 0 spiro atoms. The lowest BCUT2D eigenvalue weighted by atomic mass is 9.89. The number of aromatic nitrogens is 2. The van der Waals surface area contributed by atoms with Gasteiger partial charge in [0, 0.05) is 32.4 Å². The molecule has 5 heteroatoms. The second-order valence-corrected chi connectivity index (χ2v) is 5.57. The van der Waals surface area contributed by atoms with Crippen LogP contribution < -0.4 is 0 Å². The van der Waals surface area contributed by atoms with E-state index < -0.39 is 11.9 Å². The SMILES string of the molecule is CC(c1ccnn1C)N1Cc2ccccc2C(C(=O)O)C1. The van der Waals surface area contributed by atoms with Crippen LogP contribution in [0.5, 0.6) is 0 Å². The molecular formula is C16H19N3O2. The third kappa shape index (κ3) is 2.45. The number of aliphatic carboxylic acids is 1. The molecule has 0 aliphatic carbocycles. The third-order valence-corrected chi connectivity index (χ3v) is 4.35. The van der Waals surface area contributed by atoms with Crippen LogP contribution in [-0.2, 0) is 18.4 Å². The molecule has 3 rings (SSSR count). The number of carbonyl (C=O) groups is 1. The average molecular weight is 285 g/mol. The van der Waals surface area contributed by atoms with E-state index in [9.17, 15) is 9.90 Å². The number of rotatable bonds is 3. The zero-order valence-corrected chi connectivity index (χ0v) is 12.2. The van der Waals surface area contributed by atoms with Crippen LogP contribution in [0.25, 0.3) is 0 Å². The number of aryl methyl sites for hydroxylation is 1. The quantitative estimate of drug-likeness (QED) is 0.939. The lowest BCUT2D eigenvalue weighted by Crippen LogP contribution is -2.38. The molecule has 0 radical (unpaired) electrons. The van der Waals surface area contributed by atoms with Gasteiger partial charge in [-0.15, -0.1) is 0 Å². The Morgan fingerprint density at radius 1 is 1.38 bits per heavy atom. The van der Waals surface area contributed by atoms with Crippen molar-refractivity contribution in [2.75, 3.05) is 6.54 Å². The summed E-state index contributed by atoms with van der Waals surface area (Å²) < 4.78 is 1.85. The van der Waals surface area contributed by atoms with Gasteiger partial charge in [0.05, 0.1) is 11.6 Å². The first kappa shape index (κ1) is 13.8. The Morgan fingerprint density at radius 2 is 2.14 bits per heavy atom. The highest BCUT2D eigenvalue weighted by atomic mass is 16.4. The summed E-state index contributed by atoms with van der Waals surface area (Å²) in [6.45, 7) is 3.40. The molecule has 21 heavy (non-hydrogen) atoms. The summed E-state index contributed by atoms with van der Waals surface area (Å²) in [7, 11) is 1.92. The van der Waals surface area contributed by atoms with E-state index in [1.54, 1.807) is 6.20 Å². The van der Waals surface area contributed by atoms with Crippen molar-refractivity contribution in [2.45, 2.75) is 25.4 Å².